The Morgan fingerprint density at radius 1 is 1.67 bits per heavy atom. The van der Waals surface area contributed by atoms with Crippen molar-refractivity contribution >= 4 is 27.7 Å². The first-order valence-corrected chi connectivity index (χ1v) is 6.04. The fourth-order valence-corrected chi connectivity index (χ4v) is 1.32. The zero-order valence-corrected chi connectivity index (χ0v) is 9.48. The van der Waals surface area contributed by atoms with E-state index < -0.39 is 0 Å². The number of nitrogens with zero attached hydrogens (tertiary/aromatic N) is 2. The Balaban J connectivity index is 2.63. The van der Waals surface area contributed by atoms with Crippen molar-refractivity contribution in [3.05, 3.63) is 11.7 Å². The van der Waals surface area contributed by atoms with Crippen molar-refractivity contribution in [2.24, 2.45) is 0 Å². The molecule has 0 bridgehead atoms. The second-order valence-corrected chi connectivity index (χ2v) is 4.33. The lowest BCUT2D eigenvalue weighted by Crippen LogP contribution is -1.88. The highest BCUT2D eigenvalue weighted by molar-refractivity contribution is 9.09. The van der Waals surface area contributed by atoms with Gasteiger partial charge in [-0.3, -0.25) is 0 Å². The Bertz CT molecular complexity index is 241. The quantitative estimate of drug-likeness (QED) is 0.771. The van der Waals surface area contributed by atoms with Crippen LogP contribution >= 0.6 is 27.7 Å². The fourth-order valence-electron chi connectivity index (χ4n) is 0.757. The summed E-state index contributed by atoms with van der Waals surface area (Å²) in [6.07, 6.45) is 2.97. The molecule has 0 spiro atoms. The molecule has 3 nitrogen and oxygen atoms in total. The third kappa shape index (κ3) is 2.48. The first-order valence-electron chi connectivity index (χ1n) is 3.73. The molecule has 68 valence electrons. The van der Waals surface area contributed by atoms with Gasteiger partial charge in [0, 0.05) is 0 Å². The summed E-state index contributed by atoms with van der Waals surface area (Å²) >= 11 is 5.13. The maximum atomic E-state index is 5.05. The molecule has 1 rings (SSSR count). The van der Waals surface area contributed by atoms with E-state index in [0.29, 0.717) is 5.89 Å². The largest absolute Gasteiger partial charge is 0.338 e. The lowest BCUT2D eigenvalue weighted by Gasteiger charge is -1.96. The highest BCUT2D eigenvalue weighted by Gasteiger charge is 2.12. The van der Waals surface area contributed by atoms with Gasteiger partial charge in [0.2, 0.25) is 5.89 Å². The van der Waals surface area contributed by atoms with E-state index in [9.17, 15) is 0 Å². The Labute approximate surface area is 84.4 Å². The summed E-state index contributed by atoms with van der Waals surface area (Å²) < 4.78 is 5.05. The molecule has 0 aliphatic heterocycles. The minimum atomic E-state index is 0.195. The molecule has 0 aliphatic rings. The summed E-state index contributed by atoms with van der Waals surface area (Å²) in [6, 6.07) is 0. The van der Waals surface area contributed by atoms with Crippen molar-refractivity contribution in [3.63, 3.8) is 0 Å². The topological polar surface area (TPSA) is 38.9 Å². The molecular weight excluding hydrogens is 240 g/mol. The molecule has 0 saturated carbocycles. The maximum Gasteiger partial charge on any atom is 0.240 e. The van der Waals surface area contributed by atoms with E-state index in [1.165, 1.54) is 0 Å². The Morgan fingerprint density at radius 3 is 3.00 bits per heavy atom. The second kappa shape index (κ2) is 4.87. The van der Waals surface area contributed by atoms with Gasteiger partial charge in [0.15, 0.2) is 5.82 Å². The third-order valence-corrected chi connectivity index (χ3v) is 2.97. The number of aromatic nitrogens is 2. The first-order chi connectivity index (χ1) is 5.77. The zero-order chi connectivity index (χ0) is 8.97. The van der Waals surface area contributed by atoms with Crippen LogP contribution in [0.5, 0.6) is 0 Å². The summed E-state index contributed by atoms with van der Waals surface area (Å²) in [7, 11) is 0. The van der Waals surface area contributed by atoms with Crippen LogP contribution in [0, 0.1) is 0 Å². The van der Waals surface area contributed by atoms with Crippen molar-refractivity contribution < 1.29 is 4.52 Å². The number of alkyl halides is 1. The van der Waals surface area contributed by atoms with Crippen LogP contribution in [0.2, 0.25) is 0 Å². The zero-order valence-electron chi connectivity index (χ0n) is 7.08. The standard InChI is InChI=1S/C7H11BrN2OS/c1-3-5(8)7-9-6(4-12-2)10-11-7/h5H,3-4H2,1-2H3. The van der Waals surface area contributed by atoms with Crippen LogP contribution in [0.25, 0.3) is 0 Å². The smallest absolute Gasteiger partial charge is 0.240 e. The van der Waals surface area contributed by atoms with Crippen LogP contribution in [0.1, 0.15) is 29.9 Å². The molecule has 0 radical (unpaired) electrons. The van der Waals surface area contributed by atoms with Gasteiger partial charge in [-0.1, -0.05) is 28.0 Å². The van der Waals surface area contributed by atoms with E-state index in [1.807, 2.05) is 6.26 Å². The van der Waals surface area contributed by atoms with Crippen molar-refractivity contribution in [1.82, 2.24) is 10.1 Å². The van der Waals surface area contributed by atoms with Gasteiger partial charge < -0.3 is 4.52 Å². The maximum absolute atomic E-state index is 5.05. The molecule has 0 amide bonds. The molecule has 1 atom stereocenters. The molecule has 1 heterocycles. The van der Waals surface area contributed by atoms with Gasteiger partial charge in [-0.25, -0.2) is 0 Å². The number of hydrogen-bond donors (Lipinski definition) is 0. The van der Waals surface area contributed by atoms with Crippen LogP contribution in [0.4, 0.5) is 0 Å². The molecule has 1 aromatic heterocycles. The second-order valence-electron chi connectivity index (χ2n) is 2.36. The van der Waals surface area contributed by atoms with E-state index in [0.717, 1.165) is 18.0 Å². The average molecular weight is 251 g/mol. The van der Waals surface area contributed by atoms with Gasteiger partial charge in [-0.05, 0) is 12.7 Å². The summed E-state index contributed by atoms with van der Waals surface area (Å²) in [5.41, 5.74) is 0. The normalized spacial score (nSPS) is 13.2. The first kappa shape index (κ1) is 10.1. The molecule has 12 heavy (non-hydrogen) atoms. The number of halogens is 1. The fraction of sp³-hybridized carbons (Fsp3) is 0.714. The van der Waals surface area contributed by atoms with Gasteiger partial charge in [-0.15, -0.1) is 0 Å². The molecule has 0 fully saturated rings. The van der Waals surface area contributed by atoms with Crippen LogP contribution < -0.4 is 0 Å². The van der Waals surface area contributed by atoms with Crippen LogP contribution in [0.3, 0.4) is 0 Å². The summed E-state index contributed by atoms with van der Waals surface area (Å²) in [4.78, 5) is 4.42. The van der Waals surface area contributed by atoms with E-state index in [1.54, 1.807) is 11.8 Å². The van der Waals surface area contributed by atoms with Gasteiger partial charge in [0.1, 0.15) is 0 Å². The predicted molar refractivity (Wildman–Crippen MR) is 53.5 cm³/mol. The molecule has 1 aromatic rings. The molecular formula is C7H11BrN2OS. The Kier molecular flexibility index (Phi) is 4.08. The minimum absolute atomic E-state index is 0.195. The molecule has 0 N–H and O–H groups in total. The van der Waals surface area contributed by atoms with Crippen molar-refractivity contribution in [3.8, 4) is 0 Å². The monoisotopic (exact) mass is 250 g/mol. The molecule has 0 aliphatic carbocycles. The minimum Gasteiger partial charge on any atom is -0.338 e. The summed E-state index contributed by atoms with van der Waals surface area (Å²) in [5.74, 6) is 2.27. The number of hydrogen-bond acceptors (Lipinski definition) is 4. The molecule has 0 saturated heterocycles. The Morgan fingerprint density at radius 2 is 2.42 bits per heavy atom. The number of rotatable bonds is 4. The van der Waals surface area contributed by atoms with Crippen molar-refractivity contribution in [2.75, 3.05) is 6.26 Å². The van der Waals surface area contributed by atoms with E-state index in [2.05, 4.69) is 33.0 Å². The summed E-state index contributed by atoms with van der Waals surface area (Å²) in [5, 5.41) is 3.84. The summed E-state index contributed by atoms with van der Waals surface area (Å²) in [6.45, 7) is 2.07. The third-order valence-electron chi connectivity index (χ3n) is 1.38. The molecule has 1 unspecified atom stereocenters. The van der Waals surface area contributed by atoms with Gasteiger partial charge in [0.05, 0.1) is 10.6 Å². The molecule has 0 aromatic carbocycles. The average Bonchev–Trinajstić information content (AvgIpc) is 2.52. The SMILES string of the molecule is CCC(Br)c1nc(CSC)no1. The molecule has 5 heteroatoms. The van der Waals surface area contributed by atoms with Crippen LogP contribution in [0.15, 0.2) is 4.52 Å². The van der Waals surface area contributed by atoms with Crippen molar-refractivity contribution in [1.29, 1.82) is 0 Å². The highest BCUT2D eigenvalue weighted by atomic mass is 79.9. The van der Waals surface area contributed by atoms with Gasteiger partial charge >= 0.3 is 0 Å². The Hall–Kier alpha value is -0.0300. The van der Waals surface area contributed by atoms with E-state index >= 15 is 0 Å². The van der Waals surface area contributed by atoms with Gasteiger partial charge in [0.25, 0.3) is 0 Å². The van der Waals surface area contributed by atoms with E-state index in [4.69, 9.17) is 4.52 Å². The van der Waals surface area contributed by atoms with Crippen LogP contribution in [-0.2, 0) is 5.75 Å². The number of thioether (sulfide) groups is 1. The predicted octanol–water partition coefficient (Wildman–Crippen LogP) is 2.78. The van der Waals surface area contributed by atoms with E-state index in [-0.39, 0.29) is 4.83 Å². The van der Waals surface area contributed by atoms with Crippen molar-refractivity contribution in [2.45, 2.75) is 23.9 Å². The highest BCUT2D eigenvalue weighted by Crippen LogP contribution is 2.24. The van der Waals surface area contributed by atoms with Crippen LogP contribution in [-0.4, -0.2) is 16.4 Å². The lowest BCUT2D eigenvalue weighted by atomic mass is 10.3. The van der Waals surface area contributed by atoms with Gasteiger partial charge in [-0.2, -0.15) is 16.7 Å². The lowest BCUT2D eigenvalue weighted by molar-refractivity contribution is 0.372.